The van der Waals surface area contributed by atoms with Crippen molar-refractivity contribution in [2.75, 3.05) is 6.61 Å². The summed E-state index contributed by atoms with van der Waals surface area (Å²) in [5, 5.41) is 10.7. The van der Waals surface area contributed by atoms with Gasteiger partial charge in [0.25, 0.3) is 0 Å². The minimum Gasteiger partial charge on any atom is -0.507 e. The molecular formula is C17H11ClO5. The molecule has 0 saturated carbocycles. The summed E-state index contributed by atoms with van der Waals surface area (Å²) in [7, 11) is 0. The largest absolute Gasteiger partial charge is 0.507 e. The number of furan rings is 1. The Kier molecular flexibility index (Phi) is 4.04. The van der Waals surface area contributed by atoms with Crippen molar-refractivity contribution in [3.8, 4) is 5.75 Å². The quantitative estimate of drug-likeness (QED) is 0.581. The van der Waals surface area contributed by atoms with Gasteiger partial charge in [0.2, 0.25) is 5.78 Å². The number of fused-ring (bicyclic) bond motifs is 1. The molecule has 0 radical (unpaired) electrons. The van der Waals surface area contributed by atoms with E-state index < -0.39 is 18.4 Å². The number of para-hydroxylation sites is 1. The van der Waals surface area contributed by atoms with E-state index in [-0.39, 0.29) is 22.1 Å². The fourth-order valence-corrected chi connectivity index (χ4v) is 2.24. The maximum absolute atomic E-state index is 12.0. The van der Waals surface area contributed by atoms with Crippen molar-refractivity contribution in [1.29, 1.82) is 0 Å². The first-order chi connectivity index (χ1) is 11.0. The molecule has 0 bridgehead atoms. The summed E-state index contributed by atoms with van der Waals surface area (Å²) in [6.45, 7) is -0.485. The standard InChI is InChI=1S/C17H11ClO5/c18-11-5-6-12(13(19)8-11)17(21)22-9-14(20)16-7-10-3-1-2-4-15(10)23-16/h1-8,19H,9H2. The van der Waals surface area contributed by atoms with Crippen LogP contribution in [0.5, 0.6) is 5.75 Å². The third-order valence-corrected chi connectivity index (χ3v) is 3.45. The van der Waals surface area contributed by atoms with Crippen LogP contribution in [-0.4, -0.2) is 23.5 Å². The van der Waals surface area contributed by atoms with E-state index >= 15 is 0 Å². The summed E-state index contributed by atoms with van der Waals surface area (Å²) in [5.41, 5.74) is 0.518. The lowest BCUT2D eigenvalue weighted by molar-refractivity contribution is 0.0465. The Morgan fingerprint density at radius 1 is 1.13 bits per heavy atom. The van der Waals surface area contributed by atoms with Gasteiger partial charge >= 0.3 is 5.97 Å². The minimum atomic E-state index is -0.816. The number of Topliss-reactive ketones (excluding diaryl/α,β-unsaturated/α-hetero) is 1. The second kappa shape index (κ2) is 6.14. The van der Waals surface area contributed by atoms with Crippen LogP contribution < -0.4 is 0 Å². The Morgan fingerprint density at radius 2 is 1.91 bits per heavy atom. The van der Waals surface area contributed by atoms with Gasteiger partial charge in [-0.25, -0.2) is 4.79 Å². The van der Waals surface area contributed by atoms with Crippen molar-refractivity contribution < 1.29 is 23.8 Å². The molecule has 0 spiro atoms. The molecule has 0 atom stereocenters. The predicted molar refractivity (Wildman–Crippen MR) is 83.9 cm³/mol. The molecule has 2 aromatic carbocycles. The normalized spacial score (nSPS) is 10.7. The van der Waals surface area contributed by atoms with Crippen LogP contribution in [0.1, 0.15) is 20.9 Å². The Hall–Kier alpha value is -2.79. The molecule has 0 saturated heterocycles. The summed E-state index contributed by atoms with van der Waals surface area (Å²) >= 11 is 5.69. The highest BCUT2D eigenvalue weighted by Gasteiger charge is 2.17. The zero-order valence-corrected chi connectivity index (χ0v) is 12.5. The molecule has 6 heteroatoms. The van der Waals surface area contributed by atoms with Gasteiger partial charge in [0.15, 0.2) is 12.4 Å². The van der Waals surface area contributed by atoms with Gasteiger partial charge in [0.05, 0.1) is 0 Å². The number of carbonyl (C=O) groups is 2. The van der Waals surface area contributed by atoms with Crippen LogP contribution in [0.2, 0.25) is 5.02 Å². The summed E-state index contributed by atoms with van der Waals surface area (Å²) in [6.07, 6.45) is 0. The fraction of sp³-hybridized carbons (Fsp3) is 0.0588. The smallest absolute Gasteiger partial charge is 0.342 e. The first kappa shape index (κ1) is 15.1. The second-order valence-electron chi connectivity index (χ2n) is 4.81. The lowest BCUT2D eigenvalue weighted by atomic mass is 10.2. The molecule has 23 heavy (non-hydrogen) atoms. The number of hydrogen-bond acceptors (Lipinski definition) is 5. The number of ether oxygens (including phenoxy) is 1. The molecule has 3 aromatic rings. The summed E-state index contributed by atoms with van der Waals surface area (Å²) in [4.78, 5) is 23.9. The van der Waals surface area contributed by atoms with Crippen LogP contribution in [0.15, 0.2) is 52.9 Å². The van der Waals surface area contributed by atoms with Gasteiger partial charge in [-0.15, -0.1) is 0 Å². The van der Waals surface area contributed by atoms with Crippen LogP contribution in [0.25, 0.3) is 11.0 Å². The summed E-state index contributed by atoms with van der Waals surface area (Å²) in [5.74, 6) is -1.48. The number of ketones is 1. The Bertz CT molecular complexity index is 864. The molecule has 0 amide bonds. The predicted octanol–water partition coefficient (Wildman–Crippen LogP) is 3.83. The lowest BCUT2D eigenvalue weighted by Gasteiger charge is -2.05. The Morgan fingerprint density at radius 3 is 2.65 bits per heavy atom. The van der Waals surface area contributed by atoms with Crippen molar-refractivity contribution in [2.24, 2.45) is 0 Å². The van der Waals surface area contributed by atoms with Crippen LogP contribution >= 0.6 is 11.6 Å². The van der Waals surface area contributed by atoms with Crippen molar-refractivity contribution in [3.05, 3.63) is 64.9 Å². The molecule has 5 nitrogen and oxygen atoms in total. The van der Waals surface area contributed by atoms with Gasteiger partial charge in [-0.3, -0.25) is 4.79 Å². The molecule has 1 N–H and O–H groups in total. The molecule has 3 rings (SSSR count). The van der Waals surface area contributed by atoms with Crippen molar-refractivity contribution in [2.45, 2.75) is 0 Å². The molecule has 0 aliphatic rings. The van der Waals surface area contributed by atoms with Gasteiger partial charge < -0.3 is 14.3 Å². The van der Waals surface area contributed by atoms with Gasteiger partial charge in [-0.1, -0.05) is 29.8 Å². The lowest BCUT2D eigenvalue weighted by Crippen LogP contribution is -2.13. The van der Waals surface area contributed by atoms with Gasteiger partial charge in [0.1, 0.15) is 16.9 Å². The molecule has 1 aromatic heterocycles. The van der Waals surface area contributed by atoms with E-state index in [9.17, 15) is 14.7 Å². The molecule has 116 valence electrons. The minimum absolute atomic E-state index is 0.0631. The topological polar surface area (TPSA) is 76.7 Å². The van der Waals surface area contributed by atoms with Crippen molar-refractivity contribution in [3.63, 3.8) is 0 Å². The average Bonchev–Trinajstić information content (AvgIpc) is 2.96. The SMILES string of the molecule is O=C(COC(=O)c1ccc(Cl)cc1O)c1cc2ccccc2o1. The van der Waals surface area contributed by atoms with Crippen LogP contribution in [0.3, 0.4) is 0 Å². The van der Waals surface area contributed by atoms with E-state index in [1.54, 1.807) is 18.2 Å². The monoisotopic (exact) mass is 330 g/mol. The number of rotatable bonds is 4. The van der Waals surface area contributed by atoms with Crippen LogP contribution in [0.4, 0.5) is 0 Å². The van der Waals surface area contributed by atoms with Crippen LogP contribution in [0, 0.1) is 0 Å². The highest BCUT2D eigenvalue weighted by molar-refractivity contribution is 6.30. The summed E-state index contributed by atoms with van der Waals surface area (Å²) < 4.78 is 10.3. The van der Waals surface area contributed by atoms with E-state index in [0.29, 0.717) is 5.58 Å². The van der Waals surface area contributed by atoms with Gasteiger partial charge in [0, 0.05) is 10.4 Å². The highest BCUT2D eigenvalue weighted by atomic mass is 35.5. The second-order valence-corrected chi connectivity index (χ2v) is 5.25. The van der Waals surface area contributed by atoms with Gasteiger partial charge in [-0.05, 0) is 30.3 Å². The first-order valence-corrected chi connectivity index (χ1v) is 7.10. The number of hydrogen-bond donors (Lipinski definition) is 1. The third kappa shape index (κ3) is 3.19. The molecule has 0 aliphatic carbocycles. The third-order valence-electron chi connectivity index (χ3n) is 3.21. The average molecular weight is 331 g/mol. The van der Waals surface area contributed by atoms with Crippen LogP contribution in [-0.2, 0) is 4.74 Å². The number of halogens is 1. The van der Waals surface area contributed by atoms with E-state index in [1.165, 1.54) is 18.2 Å². The number of benzene rings is 2. The molecule has 0 aliphatic heterocycles. The Labute approximate surface area is 136 Å². The van der Waals surface area contributed by atoms with Crippen molar-refractivity contribution >= 4 is 34.3 Å². The van der Waals surface area contributed by atoms with E-state index in [4.69, 9.17) is 20.8 Å². The number of aromatic hydroxyl groups is 1. The highest BCUT2D eigenvalue weighted by Crippen LogP contribution is 2.23. The molecule has 1 heterocycles. The zero-order chi connectivity index (χ0) is 16.4. The zero-order valence-electron chi connectivity index (χ0n) is 11.8. The van der Waals surface area contributed by atoms with E-state index in [0.717, 1.165) is 5.39 Å². The fourth-order valence-electron chi connectivity index (χ4n) is 2.08. The van der Waals surface area contributed by atoms with E-state index in [2.05, 4.69) is 0 Å². The maximum Gasteiger partial charge on any atom is 0.342 e. The molecule has 0 unspecified atom stereocenters. The Balaban J connectivity index is 1.69. The van der Waals surface area contributed by atoms with Gasteiger partial charge in [-0.2, -0.15) is 0 Å². The molecular weight excluding hydrogens is 320 g/mol. The summed E-state index contributed by atoms with van der Waals surface area (Å²) in [6, 6.07) is 12.8. The number of phenols is 1. The van der Waals surface area contributed by atoms with E-state index in [1.807, 2.05) is 12.1 Å². The maximum atomic E-state index is 12.0. The number of esters is 1. The number of phenolic OH excluding ortho intramolecular Hbond substituents is 1. The van der Waals surface area contributed by atoms with Crippen molar-refractivity contribution in [1.82, 2.24) is 0 Å². The first-order valence-electron chi connectivity index (χ1n) is 6.72. The molecule has 0 fully saturated rings. The number of carbonyl (C=O) groups excluding carboxylic acids is 2.